The van der Waals surface area contributed by atoms with E-state index in [1.165, 1.54) is 4.88 Å². The van der Waals surface area contributed by atoms with E-state index < -0.39 is 0 Å². The fourth-order valence-electron chi connectivity index (χ4n) is 1.52. The summed E-state index contributed by atoms with van der Waals surface area (Å²) in [4.78, 5) is 17.9. The third kappa shape index (κ3) is 2.95. The molecule has 0 bridgehead atoms. The molecule has 0 unspecified atom stereocenters. The highest BCUT2D eigenvalue weighted by molar-refractivity contribution is 7.09. The Kier molecular flexibility index (Phi) is 3.95. The van der Waals surface area contributed by atoms with Gasteiger partial charge in [-0.1, -0.05) is 6.07 Å². The molecule has 4 nitrogen and oxygen atoms in total. The number of hydrogen-bond acceptors (Lipinski definition) is 3. The Bertz CT molecular complexity index is 476. The van der Waals surface area contributed by atoms with E-state index in [0.29, 0.717) is 18.8 Å². The Morgan fingerprint density at radius 1 is 1.47 bits per heavy atom. The highest BCUT2D eigenvalue weighted by Crippen LogP contribution is 2.12. The first-order chi connectivity index (χ1) is 8.31. The first kappa shape index (κ1) is 11.9. The van der Waals surface area contributed by atoms with Gasteiger partial charge in [-0.3, -0.25) is 9.63 Å². The van der Waals surface area contributed by atoms with Gasteiger partial charge < -0.3 is 4.57 Å². The van der Waals surface area contributed by atoms with Gasteiger partial charge >= 0.3 is 0 Å². The average Bonchev–Trinajstić information content (AvgIpc) is 2.97. The van der Waals surface area contributed by atoms with Crippen molar-refractivity contribution in [3.05, 3.63) is 46.4 Å². The quantitative estimate of drug-likeness (QED) is 0.827. The summed E-state index contributed by atoms with van der Waals surface area (Å²) in [6.07, 6.45) is 1.89. The van der Waals surface area contributed by atoms with Crippen molar-refractivity contribution in [1.82, 2.24) is 10.0 Å². The molecule has 2 heterocycles. The maximum absolute atomic E-state index is 11.8. The van der Waals surface area contributed by atoms with Crippen LogP contribution in [0.15, 0.2) is 35.8 Å². The molecule has 2 aromatic heterocycles. The minimum absolute atomic E-state index is 0.214. The third-order valence-corrected chi connectivity index (χ3v) is 3.14. The van der Waals surface area contributed by atoms with Crippen molar-refractivity contribution in [3.8, 4) is 0 Å². The zero-order chi connectivity index (χ0) is 12.1. The Hall–Kier alpha value is -1.59. The molecule has 1 amide bonds. The summed E-state index contributed by atoms with van der Waals surface area (Å²) in [6, 6.07) is 7.69. The smallest absolute Gasteiger partial charge is 0.291 e. The highest BCUT2D eigenvalue weighted by atomic mass is 32.1. The number of rotatable bonds is 5. The van der Waals surface area contributed by atoms with Gasteiger partial charge in [0.15, 0.2) is 0 Å². The summed E-state index contributed by atoms with van der Waals surface area (Å²) in [7, 11) is 0. The summed E-state index contributed by atoms with van der Waals surface area (Å²) in [6.45, 7) is 2.99. The van der Waals surface area contributed by atoms with E-state index >= 15 is 0 Å². The van der Waals surface area contributed by atoms with Crippen LogP contribution in [0.25, 0.3) is 0 Å². The number of amides is 1. The van der Waals surface area contributed by atoms with E-state index in [2.05, 4.69) is 11.5 Å². The molecule has 0 aliphatic heterocycles. The lowest BCUT2D eigenvalue weighted by Crippen LogP contribution is -2.26. The summed E-state index contributed by atoms with van der Waals surface area (Å²) < 4.78 is 1.90. The molecule has 0 atom stereocenters. The second-order valence-electron chi connectivity index (χ2n) is 3.46. The summed E-state index contributed by atoms with van der Waals surface area (Å²) in [5.74, 6) is -0.214. The van der Waals surface area contributed by atoms with Crippen LogP contribution in [0.1, 0.15) is 22.3 Å². The number of carbonyl (C=O) groups excluding carboxylic acids is 1. The van der Waals surface area contributed by atoms with Crippen LogP contribution in [0, 0.1) is 0 Å². The number of aromatic nitrogens is 1. The van der Waals surface area contributed by atoms with Crippen molar-refractivity contribution >= 4 is 17.2 Å². The van der Waals surface area contributed by atoms with Crippen LogP contribution >= 0.6 is 11.3 Å². The molecule has 0 saturated heterocycles. The standard InChI is InChI=1S/C12H14N2O2S/c1-2-16-13-12(15)11-6-3-7-14(11)9-10-5-4-8-17-10/h3-8H,2,9H2,1H3,(H,13,15). The second kappa shape index (κ2) is 5.65. The van der Waals surface area contributed by atoms with Gasteiger partial charge in [0.25, 0.3) is 5.91 Å². The average molecular weight is 250 g/mol. The lowest BCUT2D eigenvalue weighted by molar-refractivity contribution is 0.0356. The van der Waals surface area contributed by atoms with Crippen LogP contribution in [0.3, 0.4) is 0 Å². The molecule has 0 saturated carbocycles. The van der Waals surface area contributed by atoms with Crippen LogP contribution in [0.5, 0.6) is 0 Å². The molecule has 0 radical (unpaired) electrons. The van der Waals surface area contributed by atoms with Crippen molar-refractivity contribution in [1.29, 1.82) is 0 Å². The number of nitrogens with zero attached hydrogens (tertiary/aromatic N) is 1. The Labute approximate surface area is 104 Å². The fourth-order valence-corrected chi connectivity index (χ4v) is 2.22. The minimum atomic E-state index is -0.214. The van der Waals surface area contributed by atoms with Gasteiger partial charge in [0.2, 0.25) is 0 Å². The third-order valence-electron chi connectivity index (χ3n) is 2.28. The Morgan fingerprint density at radius 3 is 3.06 bits per heavy atom. The number of hydrogen-bond donors (Lipinski definition) is 1. The minimum Gasteiger partial charge on any atom is -0.338 e. The number of hydroxylamine groups is 1. The van der Waals surface area contributed by atoms with Gasteiger partial charge in [-0.15, -0.1) is 11.3 Å². The van der Waals surface area contributed by atoms with Gasteiger partial charge in [0.05, 0.1) is 13.2 Å². The predicted molar refractivity (Wildman–Crippen MR) is 66.9 cm³/mol. The molecule has 2 aromatic rings. The number of thiophene rings is 1. The predicted octanol–water partition coefficient (Wildman–Crippen LogP) is 2.28. The summed E-state index contributed by atoms with van der Waals surface area (Å²) in [5.41, 5.74) is 3.00. The van der Waals surface area contributed by atoms with Gasteiger partial charge in [-0.05, 0) is 30.5 Å². The molecule has 0 fully saturated rings. The fraction of sp³-hybridized carbons (Fsp3) is 0.250. The van der Waals surface area contributed by atoms with Crippen molar-refractivity contribution in [2.24, 2.45) is 0 Å². The Balaban J connectivity index is 2.08. The number of nitrogens with one attached hydrogen (secondary N) is 1. The van der Waals surface area contributed by atoms with Crippen molar-refractivity contribution in [2.45, 2.75) is 13.5 Å². The molecule has 5 heteroatoms. The molecule has 0 aliphatic rings. The van der Waals surface area contributed by atoms with Gasteiger partial charge in [0, 0.05) is 11.1 Å². The summed E-state index contributed by atoms with van der Waals surface area (Å²) >= 11 is 1.68. The lowest BCUT2D eigenvalue weighted by Gasteiger charge is -2.08. The first-order valence-electron chi connectivity index (χ1n) is 5.41. The Morgan fingerprint density at radius 2 is 2.35 bits per heavy atom. The van der Waals surface area contributed by atoms with Crippen molar-refractivity contribution in [2.75, 3.05) is 6.61 Å². The van der Waals surface area contributed by atoms with Crippen molar-refractivity contribution < 1.29 is 9.63 Å². The van der Waals surface area contributed by atoms with E-state index in [-0.39, 0.29) is 5.91 Å². The topological polar surface area (TPSA) is 43.3 Å². The van der Waals surface area contributed by atoms with E-state index in [9.17, 15) is 4.79 Å². The number of carbonyl (C=O) groups is 1. The maximum Gasteiger partial charge on any atom is 0.291 e. The molecule has 0 aromatic carbocycles. The normalized spacial score (nSPS) is 10.4. The first-order valence-corrected chi connectivity index (χ1v) is 6.29. The zero-order valence-corrected chi connectivity index (χ0v) is 10.4. The molecular weight excluding hydrogens is 236 g/mol. The molecule has 2 rings (SSSR count). The van der Waals surface area contributed by atoms with Crippen LogP contribution in [0.4, 0.5) is 0 Å². The van der Waals surface area contributed by atoms with Gasteiger partial charge in [-0.2, -0.15) is 0 Å². The molecule has 0 spiro atoms. The molecule has 1 N–H and O–H groups in total. The second-order valence-corrected chi connectivity index (χ2v) is 4.50. The van der Waals surface area contributed by atoms with Gasteiger partial charge in [-0.25, -0.2) is 5.48 Å². The molecule has 0 aliphatic carbocycles. The SMILES string of the molecule is CCONC(=O)c1cccn1Cc1cccs1. The van der Waals surface area contributed by atoms with E-state index in [1.807, 2.05) is 35.2 Å². The van der Waals surface area contributed by atoms with Crippen molar-refractivity contribution in [3.63, 3.8) is 0 Å². The van der Waals surface area contributed by atoms with Gasteiger partial charge in [0.1, 0.15) is 5.69 Å². The van der Waals surface area contributed by atoms with Crippen LogP contribution in [-0.4, -0.2) is 17.1 Å². The molecule has 90 valence electrons. The van der Waals surface area contributed by atoms with Crippen LogP contribution in [-0.2, 0) is 11.4 Å². The molecule has 17 heavy (non-hydrogen) atoms. The largest absolute Gasteiger partial charge is 0.338 e. The maximum atomic E-state index is 11.8. The van der Waals surface area contributed by atoms with Crippen LogP contribution in [0.2, 0.25) is 0 Å². The molecular formula is C12H14N2O2S. The monoisotopic (exact) mass is 250 g/mol. The zero-order valence-electron chi connectivity index (χ0n) is 9.55. The van der Waals surface area contributed by atoms with Crippen LogP contribution < -0.4 is 5.48 Å². The van der Waals surface area contributed by atoms with E-state index in [0.717, 1.165) is 0 Å². The summed E-state index contributed by atoms with van der Waals surface area (Å²) in [5, 5.41) is 2.03. The van der Waals surface area contributed by atoms with E-state index in [4.69, 9.17) is 4.84 Å². The lowest BCUT2D eigenvalue weighted by atomic mass is 10.4. The highest BCUT2D eigenvalue weighted by Gasteiger charge is 2.10. The van der Waals surface area contributed by atoms with E-state index in [1.54, 1.807) is 17.4 Å².